The molecule has 3 aromatic rings. The number of carbonyl (C=O) groups is 2. The standard InChI is InChI=1S/C26H24F2N4O5/c1-3-19-22(18-8-9-20(36-25(27)28)21(14-18)35-2)31-32(26(34)37-19)24(29)17-6-4-15(5-7-17)23(33)16-10-12-30-13-11-16/h4-14,19,24-25H,3,29H2,1-2H3. The first-order chi connectivity index (χ1) is 17.8. The second kappa shape index (κ2) is 11.1. The molecule has 9 nitrogen and oxygen atoms in total. The molecule has 2 atom stereocenters. The molecule has 2 heterocycles. The molecule has 0 bridgehead atoms. The zero-order valence-corrected chi connectivity index (χ0v) is 20.0. The van der Waals surface area contributed by atoms with Crippen LogP contribution in [0.3, 0.4) is 0 Å². The Kier molecular flexibility index (Phi) is 7.73. The number of rotatable bonds is 9. The van der Waals surface area contributed by atoms with Gasteiger partial charge in [0.05, 0.1) is 7.11 Å². The van der Waals surface area contributed by atoms with Gasteiger partial charge in [-0.1, -0.05) is 31.2 Å². The summed E-state index contributed by atoms with van der Waals surface area (Å²) >= 11 is 0. The van der Waals surface area contributed by atoms with Crippen molar-refractivity contribution >= 4 is 17.6 Å². The van der Waals surface area contributed by atoms with Gasteiger partial charge in [0.1, 0.15) is 18.0 Å². The number of ether oxygens (including phenoxy) is 3. The van der Waals surface area contributed by atoms with Gasteiger partial charge in [0.2, 0.25) is 0 Å². The van der Waals surface area contributed by atoms with Crippen molar-refractivity contribution in [1.82, 2.24) is 9.99 Å². The maximum Gasteiger partial charge on any atom is 0.432 e. The molecule has 0 fully saturated rings. The number of hydrogen-bond donors (Lipinski definition) is 1. The predicted molar refractivity (Wildman–Crippen MR) is 130 cm³/mol. The predicted octanol–water partition coefficient (Wildman–Crippen LogP) is 4.52. The minimum atomic E-state index is -3.02. The van der Waals surface area contributed by atoms with Crippen molar-refractivity contribution in [3.63, 3.8) is 0 Å². The molecule has 4 rings (SSSR count). The monoisotopic (exact) mass is 510 g/mol. The second-order valence-electron chi connectivity index (χ2n) is 7.99. The average molecular weight is 510 g/mol. The molecule has 192 valence electrons. The van der Waals surface area contributed by atoms with Gasteiger partial charge >= 0.3 is 12.7 Å². The van der Waals surface area contributed by atoms with Gasteiger partial charge in [-0.25, -0.2) is 4.79 Å². The number of cyclic esters (lactones) is 1. The Hall–Kier alpha value is -4.38. The van der Waals surface area contributed by atoms with Crippen LogP contribution in [0.25, 0.3) is 0 Å². The Morgan fingerprint density at radius 1 is 1.08 bits per heavy atom. The number of hydrogen-bond acceptors (Lipinski definition) is 8. The molecule has 2 unspecified atom stereocenters. The minimum absolute atomic E-state index is 0.0672. The molecule has 37 heavy (non-hydrogen) atoms. The van der Waals surface area contributed by atoms with Crippen LogP contribution in [-0.2, 0) is 4.74 Å². The smallest absolute Gasteiger partial charge is 0.432 e. The van der Waals surface area contributed by atoms with E-state index in [9.17, 15) is 18.4 Å². The van der Waals surface area contributed by atoms with Gasteiger partial charge in [-0.05, 0) is 42.3 Å². The lowest BCUT2D eigenvalue weighted by Crippen LogP contribution is -2.45. The Morgan fingerprint density at radius 3 is 2.38 bits per heavy atom. The molecule has 0 saturated heterocycles. The van der Waals surface area contributed by atoms with Gasteiger partial charge in [-0.15, -0.1) is 0 Å². The summed E-state index contributed by atoms with van der Waals surface area (Å²) in [7, 11) is 1.32. The van der Waals surface area contributed by atoms with Crippen molar-refractivity contribution in [3.05, 3.63) is 89.2 Å². The molecule has 1 amide bonds. The van der Waals surface area contributed by atoms with E-state index in [-0.39, 0.29) is 17.3 Å². The molecule has 0 saturated carbocycles. The van der Waals surface area contributed by atoms with Crippen molar-refractivity contribution in [2.45, 2.75) is 32.2 Å². The average Bonchev–Trinajstić information content (AvgIpc) is 2.92. The molecule has 11 heteroatoms. The second-order valence-corrected chi connectivity index (χ2v) is 7.99. The fraction of sp³-hybridized carbons (Fsp3) is 0.231. The van der Waals surface area contributed by atoms with E-state index in [0.717, 1.165) is 5.01 Å². The van der Waals surface area contributed by atoms with E-state index in [1.807, 2.05) is 6.92 Å². The summed E-state index contributed by atoms with van der Waals surface area (Å²) in [5.41, 5.74) is 8.65. The third-order valence-electron chi connectivity index (χ3n) is 5.72. The van der Waals surface area contributed by atoms with Crippen molar-refractivity contribution in [2.75, 3.05) is 7.11 Å². The number of amides is 1. The lowest BCUT2D eigenvalue weighted by atomic mass is 10.0. The number of carbonyl (C=O) groups excluding carboxylic acids is 2. The molecular weight excluding hydrogens is 486 g/mol. The number of methoxy groups -OCH3 is 1. The van der Waals surface area contributed by atoms with Crippen molar-refractivity contribution < 1.29 is 32.6 Å². The quantitative estimate of drug-likeness (QED) is 0.421. The maximum atomic E-state index is 12.7. The molecule has 1 aromatic heterocycles. The topological polar surface area (TPSA) is 116 Å². The molecule has 2 N–H and O–H groups in total. The maximum absolute atomic E-state index is 12.7. The van der Waals surface area contributed by atoms with E-state index in [1.54, 1.807) is 36.4 Å². The third kappa shape index (κ3) is 5.56. The highest BCUT2D eigenvalue weighted by Crippen LogP contribution is 2.32. The van der Waals surface area contributed by atoms with Crippen molar-refractivity contribution in [3.8, 4) is 11.5 Å². The van der Waals surface area contributed by atoms with Crippen LogP contribution in [0, 0.1) is 0 Å². The Morgan fingerprint density at radius 2 is 1.76 bits per heavy atom. The number of aromatic nitrogens is 1. The van der Waals surface area contributed by atoms with E-state index in [2.05, 4.69) is 14.8 Å². The summed E-state index contributed by atoms with van der Waals surface area (Å²) in [5.74, 6) is -0.255. The normalized spacial score (nSPS) is 16.2. The van der Waals surface area contributed by atoms with E-state index in [4.69, 9.17) is 15.2 Å². The summed E-state index contributed by atoms with van der Waals surface area (Å²) in [4.78, 5) is 29.3. The SMILES string of the molecule is CCC1OC(=O)N(C(N)c2ccc(C(=O)c3ccncc3)cc2)N=C1c1ccc(OC(F)F)c(OC)c1. The fourth-order valence-corrected chi connectivity index (χ4v) is 3.81. The zero-order valence-electron chi connectivity index (χ0n) is 20.0. The van der Waals surface area contributed by atoms with Crippen LogP contribution >= 0.6 is 0 Å². The van der Waals surface area contributed by atoms with Gasteiger partial charge in [0.25, 0.3) is 0 Å². The summed E-state index contributed by atoms with van der Waals surface area (Å²) in [5, 5.41) is 5.46. The number of nitrogens with two attached hydrogens (primary N) is 1. The van der Waals surface area contributed by atoms with Crippen LogP contribution < -0.4 is 15.2 Å². The van der Waals surface area contributed by atoms with Gasteiger partial charge in [-0.3, -0.25) is 9.78 Å². The van der Waals surface area contributed by atoms with Gasteiger partial charge in [-0.2, -0.15) is 18.9 Å². The van der Waals surface area contributed by atoms with Gasteiger partial charge in [0, 0.05) is 29.1 Å². The lowest BCUT2D eigenvalue weighted by Gasteiger charge is -2.32. The number of pyridine rings is 1. The van der Waals surface area contributed by atoms with Gasteiger partial charge < -0.3 is 19.9 Å². The van der Waals surface area contributed by atoms with E-state index >= 15 is 0 Å². The first-order valence-electron chi connectivity index (χ1n) is 11.3. The summed E-state index contributed by atoms with van der Waals surface area (Å²) in [6, 6.07) is 14.0. The van der Waals surface area contributed by atoms with Crippen LogP contribution in [0.2, 0.25) is 0 Å². The van der Waals surface area contributed by atoms with Crippen molar-refractivity contribution in [2.24, 2.45) is 10.8 Å². The number of alkyl halides is 2. The van der Waals surface area contributed by atoms with Crippen LogP contribution in [-0.4, -0.2) is 47.4 Å². The number of ketones is 1. The summed E-state index contributed by atoms with van der Waals surface area (Å²) in [6.45, 7) is -1.21. The number of hydrazone groups is 1. The molecule has 0 radical (unpaired) electrons. The zero-order chi connectivity index (χ0) is 26.5. The molecule has 0 aliphatic carbocycles. The Labute approximate surface area is 211 Å². The van der Waals surface area contributed by atoms with Crippen LogP contribution in [0.4, 0.5) is 13.6 Å². The van der Waals surface area contributed by atoms with E-state index < -0.39 is 25.0 Å². The first kappa shape index (κ1) is 25.7. The van der Waals surface area contributed by atoms with Crippen LogP contribution in [0.15, 0.2) is 72.1 Å². The number of halogens is 2. The molecular formula is C26H24F2N4O5. The molecule has 0 spiro atoms. The lowest BCUT2D eigenvalue weighted by molar-refractivity contribution is -0.0512. The van der Waals surface area contributed by atoms with Gasteiger partial charge in [0.15, 0.2) is 17.3 Å². The number of nitrogens with zero attached hydrogens (tertiary/aromatic N) is 3. The Balaban J connectivity index is 1.62. The van der Waals surface area contributed by atoms with Crippen LogP contribution in [0.1, 0.15) is 46.6 Å². The van der Waals surface area contributed by atoms with E-state index in [1.165, 1.54) is 37.7 Å². The van der Waals surface area contributed by atoms with Crippen molar-refractivity contribution in [1.29, 1.82) is 0 Å². The Bertz CT molecular complexity index is 1300. The third-order valence-corrected chi connectivity index (χ3v) is 5.72. The first-order valence-corrected chi connectivity index (χ1v) is 11.3. The largest absolute Gasteiger partial charge is 0.493 e. The number of benzene rings is 2. The fourth-order valence-electron chi connectivity index (χ4n) is 3.81. The molecule has 2 aromatic carbocycles. The summed E-state index contributed by atoms with van der Waals surface area (Å²) in [6.07, 6.45) is 1.03. The summed E-state index contributed by atoms with van der Waals surface area (Å²) < 4.78 is 40.6. The highest BCUT2D eigenvalue weighted by atomic mass is 19.3. The molecule has 1 aliphatic rings. The minimum Gasteiger partial charge on any atom is -0.493 e. The van der Waals surface area contributed by atoms with Crippen LogP contribution in [0.5, 0.6) is 11.5 Å². The highest BCUT2D eigenvalue weighted by molar-refractivity contribution is 6.09. The highest BCUT2D eigenvalue weighted by Gasteiger charge is 2.34. The molecule has 1 aliphatic heterocycles. The van der Waals surface area contributed by atoms with E-state index in [0.29, 0.717) is 34.4 Å².